The molecule has 1 aromatic carbocycles. The zero-order chi connectivity index (χ0) is 11.2. The van der Waals surface area contributed by atoms with E-state index in [0.717, 1.165) is 18.2 Å². The Morgan fingerprint density at radius 3 is 2.50 bits per heavy atom. The topological polar surface area (TPSA) is 38.0 Å². The Morgan fingerprint density at radius 1 is 1.19 bits per heavy atom. The van der Waals surface area contributed by atoms with Crippen molar-refractivity contribution in [2.24, 2.45) is 5.73 Å². The molecule has 0 aliphatic carbocycles. The fourth-order valence-corrected chi connectivity index (χ4v) is 3.16. The summed E-state index contributed by atoms with van der Waals surface area (Å²) >= 11 is 2.02. The van der Waals surface area contributed by atoms with Crippen molar-refractivity contribution >= 4 is 11.8 Å². The van der Waals surface area contributed by atoms with E-state index in [1.54, 1.807) is 0 Å². The summed E-state index contributed by atoms with van der Waals surface area (Å²) in [7, 11) is 0. The van der Waals surface area contributed by atoms with Gasteiger partial charge in [0.15, 0.2) is 0 Å². The van der Waals surface area contributed by atoms with Gasteiger partial charge in [0.2, 0.25) is 0 Å². The minimum atomic E-state index is 0.737. The normalized spacial score (nSPS) is 17.6. The lowest BCUT2D eigenvalue weighted by Crippen LogP contribution is -2.29. The van der Waals surface area contributed by atoms with Crippen LogP contribution in [-0.4, -0.2) is 24.9 Å². The van der Waals surface area contributed by atoms with Crippen molar-refractivity contribution in [1.82, 2.24) is 5.32 Å². The van der Waals surface area contributed by atoms with E-state index in [1.165, 1.54) is 36.4 Å². The Hall–Kier alpha value is -0.510. The number of nitrogens with two attached hydrogens (primary N) is 1. The predicted molar refractivity (Wildman–Crippen MR) is 70.9 cm³/mol. The Morgan fingerprint density at radius 2 is 1.88 bits per heavy atom. The quantitative estimate of drug-likeness (QED) is 0.840. The number of thioether (sulfide) groups is 1. The van der Waals surface area contributed by atoms with Crippen molar-refractivity contribution in [1.29, 1.82) is 0 Å². The maximum atomic E-state index is 5.54. The third-order valence-corrected chi connectivity index (χ3v) is 4.29. The number of hydrogen-bond acceptors (Lipinski definition) is 3. The second-order valence-corrected chi connectivity index (χ2v) is 5.62. The third-order valence-electron chi connectivity index (χ3n) is 2.95. The molecule has 0 aromatic heterocycles. The number of benzene rings is 1. The Labute approximate surface area is 102 Å². The van der Waals surface area contributed by atoms with Gasteiger partial charge in [0, 0.05) is 10.1 Å². The standard InChI is InChI=1S/C13H20N2S/c14-8-5-11-1-3-12(4-2-11)16-13-6-9-15-10-7-13/h1-4,13,15H,5-10,14H2. The largest absolute Gasteiger partial charge is 0.330 e. The lowest BCUT2D eigenvalue weighted by molar-refractivity contribution is 0.531. The molecule has 0 saturated carbocycles. The number of piperidine rings is 1. The van der Waals surface area contributed by atoms with Crippen LogP contribution >= 0.6 is 11.8 Å². The van der Waals surface area contributed by atoms with E-state index in [-0.39, 0.29) is 0 Å². The first-order valence-electron chi connectivity index (χ1n) is 6.05. The van der Waals surface area contributed by atoms with Gasteiger partial charge in [-0.1, -0.05) is 12.1 Å². The minimum Gasteiger partial charge on any atom is -0.330 e. The summed E-state index contributed by atoms with van der Waals surface area (Å²) in [4.78, 5) is 1.40. The van der Waals surface area contributed by atoms with Crippen LogP contribution in [0.3, 0.4) is 0 Å². The molecule has 16 heavy (non-hydrogen) atoms. The SMILES string of the molecule is NCCc1ccc(SC2CCNCC2)cc1. The molecule has 1 saturated heterocycles. The molecular weight excluding hydrogens is 216 g/mol. The van der Waals surface area contributed by atoms with E-state index >= 15 is 0 Å². The van der Waals surface area contributed by atoms with Crippen molar-refractivity contribution in [3.8, 4) is 0 Å². The van der Waals surface area contributed by atoms with Crippen LogP contribution < -0.4 is 11.1 Å². The molecule has 2 nitrogen and oxygen atoms in total. The summed E-state index contributed by atoms with van der Waals surface area (Å²) in [6.45, 7) is 3.08. The van der Waals surface area contributed by atoms with Crippen LogP contribution in [0.15, 0.2) is 29.2 Å². The van der Waals surface area contributed by atoms with Crippen LogP contribution in [-0.2, 0) is 6.42 Å². The fourth-order valence-electron chi connectivity index (χ4n) is 2.01. The van der Waals surface area contributed by atoms with Crippen LogP contribution in [0.25, 0.3) is 0 Å². The molecule has 3 N–H and O–H groups in total. The molecule has 1 aliphatic rings. The van der Waals surface area contributed by atoms with E-state index in [9.17, 15) is 0 Å². The molecule has 0 spiro atoms. The van der Waals surface area contributed by atoms with E-state index in [0.29, 0.717) is 0 Å². The summed E-state index contributed by atoms with van der Waals surface area (Å²) in [5, 5.41) is 4.19. The molecule has 0 atom stereocenters. The molecule has 1 aliphatic heterocycles. The van der Waals surface area contributed by atoms with E-state index in [4.69, 9.17) is 5.73 Å². The van der Waals surface area contributed by atoms with E-state index < -0.39 is 0 Å². The molecule has 88 valence electrons. The van der Waals surface area contributed by atoms with Crippen molar-refractivity contribution < 1.29 is 0 Å². The Kier molecular flexibility index (Phi) is 4.69. The van der Waals surface area contributed by atoms with Gasteiger partial charge < -0.3 is 11.1 Å². The zero-order valence-corrected chi connectivity index (χ0v) is 10.4. The van der Waals surface area contributed by atoms with Crippen molar-refractivity contribution in [2.45, 2.75) is 29.4 Å². The average molecular weight is 236 g/mol. The molecule has 0 amide bonds. The highest BCUT2D eigenvalue weighted by atomic mass is 32.2. The first-order valence-corrected chi connectivity index (χ1v) is 6.93. The monoisotopic (exact) mass is 236 g/mol. The molecular formula is C13H20N2S. The third kappa shape index (κ3) is 3.51. The highest BCUT2D eigenvalue weighted by Gasteiger charge is 2.13. The van der Waals surface area contributed by atoms with Gasteiger partial charge in [0.05, 0.1) is 0 Å². The second-order valence-electron chi connectivity index (χ2n) is 4.25. The van der Waals surface area contributed by atoms with Gasteiger partial charge >= 0.3 is 0 Å². The molecule has 1 fully saturated rings. The summed E-state index contributed by atoms with van der Waals surface area (Å²) in [5.74, 6) is 0. The van der Waals surface area contributed by atoms with Gasteiger partial charge in [-0.05, 0) is 56.6 Å². The van der Waals surface area contributed by atoms with Crippen LogP contribution in [0.5, 0.6) is 0 Å². The highest BCUT2D eigenvalue weighted by Crippen LogP contribution is 2.28. The molecule has 1 heterocycles. The fraction of sp³-hybridized carbons (Fsp3) is 0.538. The molecule has 0 radical (unpaired) electrons. The highest BCUT2D eigenvalue weighted by molar-refractivity contribution is 8.00. The summed E-state index contributed by atoms with van der Waals surface area (Å²) in [6, 6.07) is 8.88. The summed E-state index contributed by atoms with van der Waals surface area (Å²) in [5.41, 5.74) is 6.88. The smallest absolute Gasteiger partial charge is 0.0118 e. The number of rotatable bonds is 4. The second kappa shape index (κ2) is 6.28. The van der Waals surface area contributed by atoms with Gasteiger partial charge in [-0.15, -0.1) is 11.8 Å². The van der Waals surface area contributed by atoms with Gasteiger partial charge in [0.1, 0.15) is 0 Å². The minimum absolute atomic E-state index is 0.737. The van der Waals surface area contributed by atoms with E-state index in [2.05, 4.69) is 29.6 Å². The molecule has 1 aromatic rings. The Balaban J connectivity index is 1.88. The first-order chi connectivity index (χ1) is 7.88. The summed E-state index contributed by atoms with van der Waals surface area (Å²) in [6.07, 6.45) is 3.56. The van der Waals surface area contributed by atoms with Crippen LogP contribution in [0, 0.1) is 0 Å². The molecule has 2 rings (SSSR count). The van der Waals surface area contributed by atoms with Crippen LogP contribution in [0.4, 0.5) is 0 Å². The average Bonchev–Trinajstić information content (AvgIpc) is 2.33. The molecule has 0 bridgehead atoms. The lowest BCUT2D eigenvalue weighted by Gasteiger charge is -2.22. The van der Waals surface area contributed by atoms with Crippen molar-refractivity contribution in [3.63, 3.8) is 0 Å². The van der Waals surface area contributed by atoms with Gasteiger partial charge in [0.25, 0.3) is 0 Å². The maximum absolute atomic E-state index is 5.54. The van der Waals surface area contributed by atoms with Crippen molar-refractivity contribution in [2.75, 3.05) is 19.6 Å². The van der Waals surface area contributed by atoms with E-state index in [1.807, 2.05) is 11.8 Å². The predicted octanol–water partition coefficient (Wildman–Crippen LogP) is 2.03. The summed E-state index contributed by atoms with van der Waals surface area (Å²) < 4.78 is 0. The van der Waals surface area contributed by atoms with Crippen LogP contribution in [0.1, 0.15) is 18.4 Å². The van der Waals surface area contributed by atoms with Gasteiger partial charge in [-0.2, -0.15) is 0 Å². The number of nitrogens with one attached hydrogen (secondary N) is 1. The maximum Gasteiger partial charge on any atom is 0.0118 e. The van der Waals surface area contributed by atoms with Crippen molar-refractivity contribution in [3.05, 3.63) is 29.8 Å². The molecule has 0 unspecified atom stereocenters. The lowest BCUT2D eigenvalue weighted by atomic mass is 10.1. The molecule has 3 heteroatoms. The van der Waals surface area contributed by atoms with Gasteiger partial charge in [-0.25, -0.2) is 0 Å². The van der Waals surface area contributed by atoms with Gasteiger partial charge in [-0.3, -0.25) is 0 Å². The zero-order valence-electron chi connectivity index (χ0n) is 9.61. The van der Waals surface area contributed by atoms with Crippen LogP contribution in [0.2, 0.25) is 0 Å². The first kappa shape index (κ1) is 12.0. The Bertz CT molecular complexity index is 304. The number of hydrogen-bond donors (Lipinski definition) is 2.